The fourth-order valence-electron chi connectivity index (χ4n) is 4.11. The molecule has 1 atom stereocenters. The summed E-state index contributed by atoms with van der Waals surface area (Å²) in [6.07, 6.45) is 0.325. The van der Waals surface area contributed by atoms with Crippen LogP contribution in [0.25, 0.3) is 0 Å². The lowest BCUT2D eigenvalue weighted by molar-refractivity contribution is -0.140. The van der Waals surface area contributed by atoms with Gasteiger partial charge in [0.25, 0.3) is 10.0 Å². The number of anilines is 1. The number of likely N-dealkylation sites (N-methyl/N-ethyl adjacent to an activating group) is 1. The van der Waals surface area contributed by atoms with Crippen molar-refractivity contribution in [2.45, 2.75) is 44.7 Å². The normalized spacial score (nSPS) is 11.9. The Hall–Kier alpha value is -3.92. The molecule has 2 amide bonds. The largest absolute Gasteiger partial charge is 0.497 e. The van der Waals surface area contributed by atoms with Gasteiger partial charge in [0.2, 0.25) is 11.8 Å². The van der Waals surface area contributed by atoms with Gasteiger partial charge in [-0.05, 0) is 74.4 Å². The van der Waals surface area contributed by atoms with Crippen molar-refractivity contribution in [3.8, 4) is 5.75 Å². The van der Waals surface area contributed by atoms with Crippen LogP contribution in [-0.2, 0) is 26.2 Å². The Morgan fingerprint density at radius 3 is 2.10 bits per heavy atom. The molecule has 39 heavy (non-hydrogen) atoms. The zero-order chi connectivity index (χ0) is 28.6. The molecule has 208 valence electrons. The predicted octanol–water partition coefficient (Wildman–Crippen LogP) is 4.28. The highest BCUT2D eigenvalue weighted by atomic mass is 32.2. The Balaban J connectivity index is 2.04. The van der Waals surface area contributed by atoms with E-state index in [0.29, 0.717) is 18.7 Å². The quantitative estimate of drug-likeness (QED) is 0.360. The maximum atomic E-state index is 13.9. The highest BCUT2D eigenvalue weighted by Gasteiger charge is 2.33. The van der Waals surface area contributed by atoms with Gasteiger partial charge < -0.3 is 15.0 Å². The molecule has 0 aliphatic carbocycles. The first-order valence-electron chi connectivity index (χ1n) is 12.7. The van der Waals surface area contributed by atoms with Crippen LogP contribution in [0.3, 0.4) is 0 Å². The number of aryl methyl sites for hydroxylation is 1. The monoisotopic (exact) mass is 555 g/mol. The maximum absolute atomic E-state index is 13.9. The van der Waals surface area contributed by atoms with Crippen LogP contribution in [0.1, 0.15) is 31.4 Å². The fraction of sp³-hybridized carbons (Fsp3) is 0.310. The molecule has 0 unspecified atom stereocenters. The van der Waals surface area contributed by atoms with E-state index in [2.05, 4.69) is 5.32 Å². The average Bonchev–Trinajstić information content (AvgIpc) is 2.93. The molecule has 8 nitrogen and oxygen atoms in total. The number of nitrogens with one attached hydrogen (secondary N) is 1. The number of rotatable bonds is 12. The first-order chi connectivity index (χ1) is 18.6. The van der Waals surface area contributed by atoms with Crippen LogP contribution in [0, 0.1) is 12.7 Å². The first-order valence-corrected chi connectivity index (χ1v) is 14.1. The molecule has 1 N–H and O–H groups in total. The van der Waals surface area contributed by atoms with Crippen LogP contribution in [0.2, 0.25) is 0 Å². The van der Waals surface area contributed by atoms with Gasteiger partial charge in [-0.1, -0.05) is 36.8 Å². The third kappa shape index (κ3) is 7.35. The molecule has 3 aromatic rings. The molecular formula is C29H34FN3O5S. The van der Waals surface area contributed by atoms with Crippen LogP contribution in [0.15, 0.2) is 77.7 Å². The van der Waals surface area contributed by atoms with Crippen LogP contribution in [-0.4, -0.2) is 51.4 Å². The Bertz CT molecular complexity index is 1360. The highest BCUT2D eigenvalue weighted by molar-refractivity contribution is 7.92. The highest BCUT2D eigenvalue weighted by Crippen LogP contribution is 2.26. The van der Waals surface area contributed by atoms with Crippen molar-refractivity contribution in [3.05, 3.63) is 89.7 Å². The number of carbonyl (C=O) groups excluding carboxylic acids is 2. The molecule has 0 spiro atoms. The van der Waals surface area contributed by atoms with E-state index in [1.54, 1.807) is 13.8 Å². The molecular weight excluding hydrogens is 521 g/mol. The van der Waals surface area contributed by atoms with E-state index < -0.39 is 34.3 Å². The predicted molar refractivity (Wildman–Crippen MR) is 148 cm³/mol. The van der Waals surface area contributed by atoms with Gasteiger partial charge in [-0.25, -0.2) is 12.8 Å². The van der Waals surface area contributed by atoms with Crippen molar-refractivity contribution in [2.75, 3.05) is 24.5 Å². The lowest BCUT2D eigenvalue weighted by atomic mass is 10.1. The molecule has 0 aliphatic heterocycles. The number of hydrogen-bond donors (Lipinski definition) is 1. The summed E-state index contributed by atoms with van der Waals surface area (Å²) in [5, 5.41) is 2.77. The average molecular weight is 556 g/mol. The Morgan fingerprint density at radius 1 is 0.949 bits per heavy atom. The minimum absolute atomic E-state index is 0.0683. The van der Waals surface area contributed by atoms with E-state index in [4.69, 9.17) is 4.74 Å². The van der Waals surface area contributed by atoms with E-state index in [9.17, 15) is 22.4 Å². The number of methoxy groups -OCH3 is 1. The van der Waals surface area contributed by atoms with Gasteiger partial charge >= 0.3 is 0 Å². The summed E-state index contributed by atoms with van der Waals surface area (Å²) in [5.41, 5.74) is 1.95. The second kappa shape index (κ2) is 13.2. The van der Waals surface area contributed by atoms with E-state index in [-0.39, 0.29) is 23.0 Å². The van der Waals surface area contributed by atoms with Gasteiger partial charge in [0.05, 0.1) is 17.7 Å². The number of nitrogens with zero attached hydrogens (tertiary/aromatic N) is 2. The van der Waals surface area contributed by atoms with Gasteiger partial charge in [0.15, 0.2) is 0 Å². The summed E-state index contributed by atoms with van der Waals surface area (Å²) in [6.45, 7) is 5.42. The lowest BCUT2D eigenvalue weighted by Crippen LogP contribution is -2.52. The summed E-state index contributed by atoms with van der Waals surface area (Å²) in [6, 6.07) is 17.3. The third-order valence-electron chi connectivity index (χ3n) is 6.25. The van der Waals surface area contributed by atoms with Gasteiger partial charge in [0, 0.05) is 13.1 Å². The van der Waals surface area contributed by atoms with E-state index in [0.717, 1.165) is 27.6 Å². The summed E-state index contributed by atoms with van der Waals surface area (Å²) >= 11 is 0. The standard InChI is InChI=1S/C29H34FN3O5S/c1-5-27(29(35)31-6-2)32(19-22-9-7-21(3)8-10-22)28(34)20-33(24-13-11-23(30)12-14-24)39(36,37)26-17-15-25(38-4)16-18-26/h7-18,27H,5-6,19-20H2,1-4H3,(H,31,35)/t27-/m0/s1. The van der Waals surface area contributed by atoms with Crippen molar-refractivity contribution in [3.63, 3.8) is 0 Å². The Kier molecular flexibility index (Phi) is 10.1. The molecule has 0 aromatic heterocycles. The van der Waals surface area contributed by atoms with Gasteiger partial charge in [-0.15, -0.1) is 0 Å². The summed E-state index contributed by atoms with van der Waals surface area (Å²) in [5.74, 6) is -0.979. The number of benzene rings is 3. The topological polar surface area (TPSA) is 96.0 Å². The fourth-order valence-corrected chi connectivity index (χ4v) is 5.53. The van der Waals surface area contributed by atoms with Crippen LogP contribution >= 0.6 is 0 Å². The molecule has 0 radical (unpaired) electrons. The van der Waals surface area contributed by atoms with Crippen molar-refractivity contribution in [1.29, 1.82) is 0 Å². The van der Waals surface area contributed by atoms with Crippen molar-refractivity contribution >= 4 is 27.5 Å². The number of ether oxygens (including phenoxy) is 1. The molecule has 3 aromatic carbocycles. The molecule has 0 fully saturated rings. The molecule has 3 rings (SSSR count). The Morgan fingerprint density at radius 2 is 1.56 bits per heavy atom. The maximum Gasteiger partial charge on any atom is 0.264 e. The minimum atomic E-state index is -4.25. The summed E-state index contributed by atoms with van der Waals surface area (Å²) in [7, 11) is -2.79. The zero-order valence-corrected chi connectivity index (χ0v) is 23.4. The van der Waals surface area contributed by atoms with Gasteiger partial charge in [-0.2, -0.15) is 0 Å². The van der Waals surface area contributed by atoms with Crippen LogP contribution < -0.4 is 14.4 Å². The Labute approximate surface area is 229 Å². The van der Waals surface area contributed by atoms with E-state index >= 15 is 0 Å². The van der Waals surface area contributed by atoms with Crippen molar-refractivity contribution < 1.29 is 27.1 Å². The van der Waals surface area contributed by atoms with Crippen molar-refractivity contribution in [1.82, 2.24) is 10.2 Å². The molecule has 0 bridgehead atoms. The van der Waals surface area contributed by atoms with Crippen LogP contribution in [0.4, 0.5) is 10.1 Å². The molecule has 0 saturated carbocycles. The van der Waals surface area contributed by atoms with Gasteiger partial charge in [0.1, 0.15) is 24.2 Å². The summed E-state index contributed by atoms with van der Waals surface area (Å²) in [4.78, 5) is 28.2. The number of sulfonamides is 1. The van der Waals surface area contributed by atoms with E-state index in [1.807, 2.05) is 31.2 Å². The molecule has 10 heteroatoms. The second-order valence-corrected chi connectivity index (χ2v) is 10.9. The molecule has 0 heterocycles. The molecule has 0 aliphatic rings. The van der Waals surface area contributed by atoms with Crippen molar-refractivity contribution in [2.24, 2.45) is 0 Å². The lowest BCUT2D eigenvalue weighted by Gasteiger charge is -2.33. The van der Waals surface area contributed by atoms with Crippen LogP contribution in [0.5, 0.6) is 5.75 Å². The smallest absolute Gasteiger partial charge is 0.264 e. The first kappa shape index (κ1) is 29.6. The van der Waals surface area contributed by atoms with E-state index in [1.165, 1.54) is 48.4 Å². The number of amides is 2. The zero-order valence-electron chi connectivity index (χ0n) is 22.6. The number of halogens is 1. The minimum Gasteiger partial charge on any atom is -0.497 e. The summed E-state index contributed by atoms with van der Waals surface area (Å²) < 4.78 is 47.4. The SMILES string of the molecule is CCNC(=O)[C@H](CC)N(Cc1ccc(C)cc1)C(=O)CN(c1ccc(F)cc1)S(=O)(=O)c1ccc(OC)cc1. The second-order valence-electron chi connectivity index (χ2n) is 8.99. The number of hydrogen-bond acceptors (Lipinski definition) is 5. The molecule has 0 saturated heterocycles. The van der Waals surface area contributed by atoms with Gasteiger partial charge in [-0.3, -0.25) is 13.9 Å². The third-order valence-corrected chi connectivity index (χ3v) is 8.04. The number of carbonyl (C=O) groups is 2.